The highest BCUT2D eigenvalue weighted by Crippen LogP contribution is 2.34. The maximum Gasteiger partial charge on any atom is 0.291 e. The number of nitrogens with one attached hydrogen (secondary N) is 1. The molecule has 1 N–H and O–H groups in total. The smallest absolute Gasteiger partial charge is 0.291 e. The molecule has 0 saturated carbocycles. The van der Waals surface area contributed by atoms with Gasteiger partial charge in [-0.15, -0.1) is 0 Å². The summed E-state index contributed by atoms with van der Waals surface area (Å²) in [6.07, 6.45) is 5.54. The van der Waals surface area contributed by atoms with Gasteiger partial charge in [0.1, 0.15) is 5.82 Å². The molecule has 9 nitrogen and oxygen atoms in total. The average Bonchev–Trinajstić information content (AvgIpc) is 3.46. The van der Waals surface area contributed by atoms with Crippen molar-refractivity contribution >= 4 is 23.0 Å². The summed E-state index contributed by atoms with van der Waals surface area (Å²) in [5.74, 6) is 1.32. The predicted octanol–water partition coefficient (Wildman–Crippen LogP) is 5.23. The van der Waals surface area contributed by atoms with E-state index < -0.39 is 0 Å². The van der Waals surface area contributed by atoms with Crippen molar-refractivity contribution in [1.82, 2.24) is 30.1 Å². The second kappa shape index (κ2) is 9.74. The summed E-state index contributed by atoms with van der Waals surface area (Å²) in [4.78, 5) is 33.6. The number of anilines is 1. The van der Waals surface area contributed by atoms with Crippen LogP contribution in [0.4, 0.5) is 5.82 Å². The first-order chi connectivity index (χ1) is 18.3. The zero-order chi connectivity index (χ0) is 25.0. The summed E-state index contributed by atoms with van der Waals surface area (Å²) < 4.78 is 4.92. The number of aldehydes is 1. The summed E-state index contributed by atoms with van der Waals surface area (Å²) >= 11 is 0. The van der Waals surface area contributed by atoms with Gasteiger partial charge in [0.25, 0.3) is 5.89 Å². The van der Waals surface area contributed by atoms with E-state index in [1.807, 2.05) is 54.6 Å². The molecule has 0 unspecified atom stereocenters. The Kier molecular flexibility index (Phi) is 5.84. The quantitative estimate of drug-likeness (QED) is 0.303. The molecule has 178 valence electrons. The second-order valence-electron chi connectivity index (χ2n) is 8.17. The maximum atomic E-state index is 11.0. The molecule has 0 bridgehead atoms. The monoisotopic (exact) mass is 485 g/mol. The van der Waals surface area contributed by atoms with Crippen molar-refractivity contribution in [3.8, 4) is 33.9 Å². The van der Waals surface area contributed by atoms with Crippen LogP contribution in [0.5, 0.6) is 0 Å². The van der Waals surface area contributed by atoms with Crippen molar-refractivity contribution < 1.29 is 9.32 Å². The lowest BCUT2D eigenvalue weighted by Crippen LogP contribution is -2.06. The van der Waals surface area contributed by atoms with Crippen LogP contribution in [0.3, 0.4) is 0 Å². The zero-order valence-electron chi connectivity index (χ0n) is 19.4. The van der Waals surface area contributed by atoms with Gasteiger partial charge >= 0.3 is 0 Å². The second-order valence-corrected chi connectivity index (χ2v) is 8.17. The molecular weight excluding hydrogens is 466 g/mol. The van der Waals surface area contributed by atoms with Crippen LogP contribution in [0, 0.1) is 0 Å². The van der Waals surface area contributed by atoms with Crippen LogP contribution in [0.15, 0.2) is 95.9 Å². The number of nitrogens with zero attached hydrogens (tertiary/aromatic N) is 6. The number of hydrogen-bond donors (Lipinski definition) is 1. The van der Waals surface area contributed by atoms with Crippen LogP contribution >= 0.6 is 0 Å². The third kappa shape index (κ3) is 4.53. The molecule has 4 heterocycles. The van der Waals surface area contributed by atoms with Crippen molar-refractivity contribution in [2.45, 2.75) is 6.54 Å². The van der Waals surface area contributed by atoms with Crippen LogP contribution in [0.2, 0.25) is 0 Å². The maximum absolute atomic E-state index is 11.0. The van der Waals surface area contributed by atoms with Crippen LogP contribution in [0.1, 0.15) is 16.4 Å². The number of carbonyl (C=O) groups excluding carboxylic acids is 1. The topological polar surface area (TPSA) is 120 Å². The highest BCUT2D eigenvalue weighted by atomic mass is 16.5. The molecule has 0 aliphatic carbocycles. The minimum Gasteiger partial charge on any atom is -0.364 e. The Bertz CT molecular complexity index is 1700. The number of aromatic nitrogens is 6. The summed E-state index contributed by atoms with van der Waals surface area (Å²) in [5, 5.41) is 8.23. The van der Waals surface area contributed by atoms with E-state index in [9.17, 15) is 4.79 Å². The standard InChI is InChI=1S/C28H19N7O2/c36-17-24-33-27(35-37-24)20-13-19(14-29-15-20)26-32-23-11-6-10-22(18-7-2-1-3-8-18)25(23)28(34-26)31-16-21-9-4-5-12-30-21/h1-15,17H,16H2,(H,31,32,34). The third-order valence-electron chi connectivity index (χ3n) is 5.77. The summed E-state index contributed by atoms with van der Waals surface area (Å²) in [6.45, 7) is 0.491. The largest absolute Gasteiger partial charge is 0.364 e. The molecule has 0 spiro atoms. The Hall–Kier alpha value is -5.31. The average molecular weight is 486 g/mol. The first-order valence-electron chi connectivity index (χ1n) is 11.5. The molecule has 0 fully saturated rings. The molecule has 0 amide bonds. The fourth-order valence-electron chi connectivity index (χ4n) is 4.06. The lowest BCUT2D eigenvalue weighted by molar-refractivity contribution is 0.108. The molecule has 0 aliphatic heterocycles. The van der Waals surface area contributed by atoms with E-state index in [1.54, 1.807) is 18.6 Å². The van der Waals surface area contributed by atoms with Crippen LogP contribution in [-0.2, 0) is 6.54 Å². The van der Waals surface area contributed by atoms with Gasteiger partial charge in [0.2, 0.25) is 12.1 Å². The van der Waals surface area contributed by atoms with E-state index in [4.69, 9.17) is 14.5 Å². The number of carbonyl (C=O) groups is 1. The number of fused-ring (bicyclic) bond motifs is 1. The SMILES string of the molecule is O=Cc1nc(-c2cncc(-c3nc(NCc4ccccn4)c4c(-c5ccccc5)cccc4n3)c2)no1. The van der Waals surface area contributed by atoms with Gasteiger partial charge in [0.05, 0.1) is 23.1 Å². The Balaban J connectivity index is 1.48. The summed E-state index contributed by atoms with van der Waals surface area (Å²) in [6, 6.07) is 23.8. The van der Waals surface area contributed by atoms with E-state index in [1.165, 1.54) is 0 Å². The van der Waals surface area contributed by atoms with E-state index in [0.29, 0.717) is 35.6 Å². The van der Waals surface area contributed by atoms with Crippen LogP contribution < -0.4 is 5.32 Å². The molecular formula is C28H19N7O2. The Morgan fingerprint density at radius 1 is 0.811 bits per heavy atom. The van der Waals surface area contributed by atoms with Crippen molar-refractivity contribution in [2.24, 2.45) is 0 Å². The van der Waals surface area contributed by atoms with E-state index >= 15 is 0 Å². The van der Waals surface area contributed by atoms with Gasteiger partial charge in [-0.2, -0.15) is 4.98 Å². The third-order valence-corrected chi connectivity index (χ3v) is 5.77. The number of benzene rings is 2. The summed E-state index contributed by atoms with van der Waals surface area (Å²) in [5.41, 5.74) is 5.01. The fraction of sp³-hybridized carbons (Fsp3) is 0.0357. The molecule has 0 atom stereocenters. The van der Waals surface area contributed by atoms with Gasteiger partial charge in [-0.05, 0) is 35.4 Å². The number of rotatable bonds is 7. The Morgan fingerprint density at radius 3 is 2.43 bits per heavy atom. The van der Waals surface area contributed by atoms with Gasteiger partial charge in [0.15, 0.2) is 5.82 Å². The fourth-order valence-corrected chi connectivity index (χ4v) is 4.06. The molecule has 0 radical (unpaired) electrons. The van der Waals surface area contributed by atoms with Crippen molar-refractivity contribution in [2.75, 3.05) is 5.32 Å². The Morgan fingerprint density at radius 2 is 1.65 bits per heavy atom. The summed E-state index contributed by atoms with van der Waals surface area (Å²) in [7, 11) is 0. The molecule has 0 aliphatic rings. The highest BCUT2D eigenvalue weighted by molar-refractivity contribution is 6.02. The van der Waals surface area contributed by atoms with Gasteiger partial charge in [-0.25, -0.2) is 9.97 Å². The molecule has 6 aromatic rings. The Labute approximate surface area is 211 Å². The first kappa shape index (κ1) is 22.2. The van der Waals surface area contributed by atoms with E-state index in [0.717, 1.165) is 27.7 Å². The lowest BCUT2D eigenvalue weighted by atomic mass is 10.0. The van der Waals surface area contributed by atoms with Crippen LogP contribution in [-0.4, -0.2) is 36.4 Å². The minimum atomic E-state index is -0.100. The molecule has 9 heteroatoms. The molecule has 6 rings (SSSR count). The van der Waals surface area contributed by atoms with Gasteiger partial charge in [-0.1, -0.05) is 53.7 Å². The molecule has 37 heavy (non-hydrogen) atoms. The van der Waals surface area contributed by atoms with Crippen molar-refractivity contribution in [3.05, 3.63) is 103 Å². The normalized spacial score (nSPS) is 10.9. The van der Waals surface area contributed by atoms with Gasteiger partial charge in [-0.3, -0.25) is 14.8 Å². The minimum absolute atomic E-state index is 0.100. The molecule has 0 saturated heterocycles. The number of hydrogen-bond acceptors (Lipinski definition) is 9. The molecule has 4 aromatic heterocycles. The highest BCUT2D eigenvalue weighted by Gasteiger charge is 2.16. The molecule has 2 aromatic carbocycles. The predicted molar refractivity (Wildman–Crippen MR) is 138 cm³/mol. The van der Waals surface area contributed by atoms with Crippen molar-refractivity contribution in [3.63, 3.8) is 0 Å². The number of pyridine rings is 2. The lowest BCUT2D eigenvalue weighted by Gasteiger charge is -2.14. The van der Waals surface area contributed by atoms with Crippen molar-refractivity contribution in [1.29, 1.82) is 0 Å². The van der Waals surface area contributed by atoms with Crippen LogP contribution in [0.25, 0.3) is 44.8 Å². The van der Waals surface area contributed by atoms with Gasteiger partial charge < -0.3 is 9.84 Å². The van der Waals surface area contributed by atoms with Gasteiger partial charge in [0, 0.05) is 29.7 Å². The van der Waals surface area contributed by atoms with E-state index in [2.05, 4.69) is 43.6 Å². The first-order valence-corrected chi connectivity index (χ1v) is 11.5. The zero-order valence-corrected chi connectivity index (χ0v) is 19.4. The van der Waals surface area contributed by atoms with E-state index in [-0.39, 0.29) is 11.7 Å².